The molecule has 0 aliphatic carbocycles. The Morgan fingerprint density at radius 3 is 2.33 bits per heavy atom. The Labute approximate surface area is 195 Å². The fourth-order valence-corrected chi connectivity index (χ4v) is 3.20. The molecule has 2 aromatic rings. The number of ether oxygens (including phenoxy) is 2. The molecule has 2 amide bonds. The van der Waals surface area contributed by atoms with Crippen molar-refractivity contribution in [3.05, 3.63) is 59.7 Å². The zero-order valence-corrected chi connectivity index (χ0v) is 19.8. The monoisotopic (exact) mass is 454 g/mol. The van der Waals surface area contributed by atoms with E-state index in [0.29, 0.717) is 30.4 Å². The minimum atomic E-state index is -0.749. The normalized spacial score (nSPS) is 12.2. The summed E-state index contributed by atoms with van der Waals surface area (Å²) in [5.41, 5.74) is 7.67. The van der Waals surface area contributed by atoms with Crippen molar-refractivity contribution < 1.29 is 19.1 Å². The maximum absolute atomic E-state index is 12.8. The molecule has 0 fully saturated rings. The summed E-state index contributed by atoms with van der Waals surface area (Å²) in [6, 6.07) is 14.1. The van der Waals surface area contributed by atoms with Gasteiger partial charge in [0.05, 0.1) is 20.6 Å². The van der Waals surface area contributed by atoms with E-state index >= 15 is 0 Å². The number of hydrogen-bond acceptors (Lipinski definition) is 5. The highest BCUT2D eigenvalue weighted by Crippen LogP contribution is 2.27. The molecular weight excluding hydrogens is 420 g/mol. The number of amides is 2. The molecule has 1 unspecified atom stereocenters. The molecule has 0 aromatic heterocycles. The van der Waals surface area contributed by atoms with Crippen LogP contribution in [0.2, 0.25) is 0 Å². The molecule has 2 rings (SSSR count). The molecule has 8 heteroatoms. The second-order valence-electron chi connectivity index (χ2n) is 8.11. The van der Waals surface area contributed by atoms with E-state index in [0.717, 1.165) is 17.5 Å². The van der Waals surface area contributed by atoms with Gasteiger partial charge in [-0.1, -0.05) is 50.2 Å². The quantitative estimate of drug-likeness (QED) is 0.356. The lowest BCUT2D eigenvalue weighted by molar-refractivity contribution is -0.122. The van der Waals surface area contributed by atoms with Gasteiger partial charge in [-0.3, -0.25) is 14.9 Å². The first-order valence-electron chi connectivity index (χ1n) is 11.0. The van der Waals surface area contributed by atoms with Crippen LogP contribution in [-0.4, -0.2) is 44.6 Å². The van der Waals surface area contributed by atoms with Gasteiger partial charge in [0, 0.05) is 13.0 Å². The summed E-state index contributed by atoms with van der Waals surface area (Å²) in [5, 5.41) is 5.49. The fourth-order valence-electron chi connectivity index (χ4n) is 3.20. The first kappa shape index (κ1) is 25.7. The van der Waals surface area contributed by atoms with Crippen LogP contribution < -0.4 is 25.8 Å². The van der Waals surface area contributed by atoms with Gasteiger partial charge in [0.1, 0.15) is 6.04 Å². The number of carbonyl (C=O) groups excluding carboxylic acids is 2. The summed E-state index contributed by atoms with van der Waals surface area (Å²) in [6.07, 6.45) is 1.31. The highest BCUT2D eigenvalue weighted by molar-refractivity contribution is 5.98. The number of aliphatic imine (C=N–C) groups is 1. The van der Waals surface area contributed by atoms with Gasteiger partial charge in [0.2, 0.25) is 11.8 Å². The van der Waals surface area contributed by atoms with E-state index in [1.807, 2.05) is 30.3 Å². The number of carbonyl (C=O) groups is 2. The van der Waals surface area contributed by atoms with Gasteiger partial charge in [0.15, 0.2) is 17.5 Å². The average molecular weight is 455 g/mol. The molecule has 0 spiro atoms. The van der Waals surface area contributed by atoms with E-state index in [4.69, 9.17) is 15.2 Å². The molecule has 33 heavy (non-hydrogen) atoms. The molecule has 1 atom stereocenters. The Hall–Kier alpha value is -3.55. The summed E-state index contributed by atoms with van der Waals surface area (Å²) >= 11 is 0. The third-order valence-electron chi connectivity index (χ3n) is 4.97. The lowest BCUT2D eigenvalue weighted by Crippen LogP contribution is -2.42. The maximum Gasteiger partial charge on any atom is 0.245 e. The SMILES string of the molecule is COc1ccc(CC(=O)NC(N)=NC(Cc2ccccc2)C(=O)NCCC(C)C)cc1OC. The number of nitrogens with zero attached hydrogens (tertiary/aromatic N) is 1. The van der Waals surface area contributed by atoms with E-state index in [1.54, 1.807) is 25.3 Å². The minimum absolute atomic E-state index is 0.0700. The summed E-state index contributed by atoms with van der Waals surface area (Å²) in [7, 11) is 3.08. The van der Waals surface area contributed by atoms with Crippen molar-refractivity contribution in [1.82, 2.24) is 10.6 Å². The van der Waals surface area contributed by atoms with Crippen LogP contribution in [0.5, 0.6) is 11.5 Å². The third kappa shape index (κ3) is 8.84. The topological polar surface area (TPSA) is 115 Å². The predicted molar refractivity (Wildman–Crippen MR) is 129 cm³/mol. The fraction of sp³-hybridized carbons (Fsp3) is 0.400. The van der Waals surface area contributed by atoms with Crippen molar-refractivity contribution in [2.75, 3.05) is 20.8 Å². The van der Waals surface area contributed by atoms with E-state index in [9.17, 15) is 9.59 Å². The second-order valence-corrected chi connectivity index (χ2v) is 8.11. The molecule has 0 aliphatic rings. The third-order valence-corrected chi connectivity index (χ3v) is 4.97. The van der Waals surface area contributed by atoms with Crippen molar-refractivity contribution in [2.45, 2.75) is 39.2 Å². The van der Waals surface area contributed by atoms with Crippen molar-refractivity contribution in [2.24, 2.45) is 16.6 Å². The van der Waals surface area contributed by atoms with Crippen LogP contribution in [0.15, 0.2) is 53.5 Å². The van der Waals surface area contributed by atoms with Gasteiger partial charge < -0.3 is 20.5 Å². The Morgan fingerprint density at radius 1 is 1.00 bits per heavy atom. The van der Waals surface area contributed by atoms with Crippen LogP contribution >= 0.6 is 0 Å². The van der Waals surface area contributed by atoms with Crippen LogP contribution in [0, 0.1) is 5.92 Å². The van der Waals surface area contributed by atoms with Crippen LogP contribution in [0.3, 0.4) is 0 Å². The van der Waals surface area contributed by atoms with Gasteiger partial charge in [-0.05, 0) is 35.6 Å². The summed E-state index contributed by atoms with van der Waals surface area (Å²) in [6.45, 7) is 4.75. The Kier molecular flexibility index (Phi) is 10.2. The molecule has 4 N–H and O–H groups in total. The van der Waals surface area contributed by atoms with Crippen LogP contribution in [-0.2, 0) is 22.4 Å². The van der Waals surface area contributed by atoms with Crippen molar-refractivity contribution in [3.8, 4) is 11.5 Å². The summed E-state index contributed by atoms with van der Waals surface area (Å²) in [5.74, 6) is 0.918. The minimum Gasteiger partial charge on any atom is -0.493 e. The van der Waals surface area contributed by atoms with E-state index in [1.165, 1.54) is 7.11 Å². The van der Waals surface area contributed by atoms with Gasteiger partial charge in [0.25, 0.3) is 0 Å². The van der Waals surface area contributed by atoms with Crippen LogP contribution in [0.25, 0.3) is 0 Å². The van der Waals surface area contributed by atoms with E-state index < -0.39 is 6.04 Å². The highest BCUT2D eigenvalue weighted by Gasteiger charge is 2.19. The standard InChI is InChI=1S/C25H34N4O4/c1-17(2)12-13-27-24(31)20(14-18-8-6-5-7-9-18)28-25(26)29-23(30)16-19-10-11-21(32-3)22(15-19)33-4/h5-11,15,17,20H,12-14,16H2,1-4H3,(H,27,31)(H3,26,28,29,30). The maximum atomic E-state index is 12.8. The van der Waals surface area contributed by atoms with Crippen molar-refractivity contribution >= 4 is 17.8 Å². The first-order chi connectivity index (χ1) is 15.8. The molecule has 2 aromatic carbocycles. The van der Waals surface area contributed by atoms with Gasteiger partial charge >= 0.3 is 0 Å². The molecule has 178 valence electrons. The van der Waals surface area contributed by atoms with Crippen molar-refractivity contribution in [3.63, 3.8) is 0 Å². The summed E-state index contributed by atoms with van der Waals surface area (Å²) in [4.78, 5) is 29.6. The molecule has 0 saturated carbocycles. The first-order valence-corrected chi connectivity index (χ1v) is 11.0. The lowest BCUT2D eigenvalue weighted by Gasteiger charge is -2.15. The summed E-state index contributed by atoms with van der Waals surface area (Å²) < 4.78 is 10.5. The molecule has 0 radical (unpaired) electrons. The second kappa shape index (κ2) is 13.1. The molecule has 0 heterocycles. The number of rotatable bonds is 11. The smallest absolute Gasteiger partial charge is 0.245 e. The van der Waals surface area contributed by atoms with Crippen LogP contribution in [0.4, 0.5) is 0 Å². The number of nitrogens with one attached hydrogen (secondary N) is 2. The molecule has 0 saturated heterocycles. The average Bonchev–Trinajstić information content (AvgIpc) is 2.78. The van der Waals surface area contributed by atoms with Crippen molar-refractivity contribution in [1.29, 1.82) is 0 Å². The highest BCUT2D eigenvalue weighted by atomic mass is 16.5. The Balaban J connectivity index is 2.07. The van der Waals surface area contributed by atoms with E-state index in [2.05, 4.69) is 29.5 Å². The molecule has 8 nitrogen and oxygen atoms in total. The van der Waals surface area contributed by atoms with E-state index in [-0.39, 0.29) is 24.2 Å². The number of benzene rings is 2. The lowest BCUT2D eigenvalue weighted by atomic mass is 10.1. The molecular formula is C25H34N4O4. The number of nitrogens with two attached hydrogens (primary N) is 1. The van der Waals surface area contributed by atoms with Gasteiger partial charge in [-0.2, -0.15) is 0 Å². The number of hydrogen-bond donors (Lipinski definition) is 3. The predicted octanol–water partition coefficient (Wildman–Crippen LogP) is 2.45. The molecule has 0 bridgehead atoms. The molecule has 0 aliphatic heterocycles. The zero-order chi connectivity index (χ0) is 24.2. The Morgan fingerprint density at radius 2 is 1.70 bits per heavy atom. The zero-order valence-electron chi connectivity index (χ0n) is 19.8. The number of guanidine groups is 1. The largest absolute Gasteiger partial charge is 0.493 e. The number of methoxy groups -OCH3 is 2. The Bertz CT molecular complexity index is 945. The van der Waals surface area contributed by atoms with Gasteiger partial charge in [-0.15, -0.1) is 0 Å². The van der Waals surface area contributed by atoms with Crippen LogP contribution in [0.1, 0.15) is 31.4 Å². The van der Waals surface area contributed by atoms with Gasteiger partial charge in [-0.25, -0.2) is 4.99 Å².